The zero-order valence-electron chi connectivity index (χ0n) is 12.8. The van der Waals surface area contributed by atoms with Crippen molar-refractivity contribution in [3.63, 3.8) is 0 Å². The Morgan fingerprint density at radius 2 is 1.65 bits per heavy atom. The second kappa shape index (κ2) is 7.68. The fourth-order valence-corrected chi connectivity index (χ4v) is 2.04. The van der Waals surface area contributed by atoms with E-state index in [0.29, 0.717) is 13.1 Å². The van der Waals surface area contributed by atoms with Crippen LogP contribution in [0.5, 0.6) is 0 Å². The highest BCUT2D eigenvalue weighted by molar-refractivity contribution is 6.35. The summed E-state index contributed by atoms with van der Waals surface area (Å²) < 4.78 is 0. The smallest absolute Gasteiger partial charge is 0.311 e. The average Bonchev–Trinajstić information content (AvgIpc) is 2.48. The van der Waals surface area contributed by atoms with E-state index in [1.54, 1.807) is 0 Å². The molecule has 1 N–H and O–H groups in total. The SMILES string of the molecule is CCc1ccc(C(C)NC(=O)C(=O)N(CC)CC)cc1. The van der Waals surface area contributed by atoms with E-state index in [1.165, 1.54) is 10.5 Å². The highest BCUT2D eigenvalue weighted by atomic mass is 16.2. The summed E-state index contributed by atoms with van der Waals surface area (Å²) in [6, 6.07) is 7.90. The molecule has 20 heavy (non-hydrogen) atoms. The van der Waals surface area contributed by atoms with Gasteiger partial charge in [-0.1, -0.05) is 31.2 Å². The number of likely N-dealkylation sites (N-methyl/N-ethyl adjacent to an activating group) is 1. The molecule has 0 saturated heterocycles. The van der Waals surface area contributed by atoms with E-state index in [-0.39, 0.29) is 6.04 Å². The van der Waals surface area contributed by atoms with E-state index in [2.05, 4.69) is 12.2 Å². The molecular weight excluding hydrogens is 252 g/mol. The van der Waals surface area contributed by atoms with Gasteiger partial charge in [-0.2, -0.15) is 0 Å². The molecule has 0 spiro atoms. The maximum Gasteiger partial charge on any atom is 0.311 e. The Morgan fingerprint density at radius 1 is 1.10 bits per heavy atom. The van der Waals surface area contributed by atoms with Gasteiger partial charge in [0.2, 0.25) is 0 Å². The Bertz CT molecular complexity index is 450. The zero-order valence-corrected chi connectivity index (χ0v) is 12.8. The third-order valence-electron chi connectivity index (χ3n) is 3.48. The van der Waals surface area contributed by atoms with Crippen molar-refractivity contribution in [2.75, 3.05) is 13.1 Å². The van der Waals surface area contributed by atoms with Crippen LogP contribution in [0.4, 0.5) is 0 Å². The average molecular weight is 276 g/mol. The summed E-state index contributed by atoms with van der Waals surface area (Å²) in [6.45, 7) is 8.80. The second-order valence-corrected chi connectivity index (χ2v) is 4.77. The molecule has 0 radical (unpaired) electrons. The molecule has 4 heteroatoms. The van der Waals surface area contributed by atoms with Crippen LogP contribution in [0.1, 0.15) is 44.9 Å². The van der Waals surface area contributed by atoms with Gasteiger partial charge in [-0.05, 0) is 38.3 Å². The number of hydrogen-bond donors (Lipinski definition) is 1. The number of rotatable bonds is 5. The maximum atomic E-state index is 11.9. The first kappa shape index (κ1) is 16.2. The molecule has 0 aliphatic heterocycles. The van der Waals surface area contributed by atoms with Gasteiger partial charge in [0.15, 0.2) is 0 Å². The third kappa shape index (κ3) is 4.08. The standard InChI is InChI=1S/C16H24N2O2/c1-5-13-8-10-14(11-9-13)12(4)17-15(19)16(20)18(6-2)7-3/h8-12H,5-7H2,1-4H3,(H,17,19). The van der Waals surface area contributed by atoms with Crippen LogP contribution in [-0.4, -0.2) is 29.8 Å². The topological polar surface area (TPSA) is 49.4 Å². The van der Waals surface area contributed by atoms with Crippen molar-refractivity contribution in [2.24, 2.45) is 0 Å². The van der Waals surface area contributed by atoms with Gasteiger partial charge in [-0.25, -0.2) is 0 Å². The lowest BCUT2D eigenvalue weighted by Gasteiger charge is -2.20. The molecule has 1 unspecified atom stereocenters. The monoisotopic (exact) mass is 276 g/mol. The van der Waals surface area contributed by atoms with Crippen molar-refractivity contribution >= 4 is 11.8 Å². The Balaban J connectivity index is 2.66. The van der Waals surface area contributed by atoms with E-state index < -0.39 is 11.8 Å². The number of carbonyl (C=O) groups excluding carboxylic acids is 2. The lowest BCUT2D eigenvalue weighted by atomic mass is 10.0. The number of benzene rings is 1. The molecule has 0 aliphatic carbocycles. The summed E-state index contributed by atoms with van der Waals surface area (Å²) >= 11 is 0. The molecular formula is C16H24N2O2. The Kier molecular flexibility index (Phi) is 6.22. The fourth-order valence-electron chi connectivity index (χ4n) is 2.04. The molecule has 0 aliphatic rings. The Labute approximate surface area is 121 Å². The van der Waals surface area contributed by atoms with Crippen LogP contribution in [0.3, 0.4) is 0 Å². The van der Waals surface area contributed by atoms with Crippen LogP contribution in [0.15, 0.2) is 24.3 Å². The summed E-state index contributed by atoms with van der Waals surface area (Å²) in [5.41, 5.74) is 2.26. The van der Waals surface area contributed by atoms with Crippen molar-refractivity contribution in [2.45, 2.75) is 40.2 Å². The predicted octanol–water partition coefficient (Wildman–Crippen LogP) is 2.29. The normalized spacial score (nSPS) is 11.8. The highest BCUT2D eigenvalue weighted by Gasteiger charge is 2.21. The number of amides is 2. The lowest BCUT2D eigenvalue weighted by molar-refractivity contribution is -0.145. The first-order chi connectivity index (χ1) is 9.53. The van der Waals surface area contributed by atoms with Gasteiger partial charge >= 0.3 is 11.8 Å². The number of aryl methyl sites for hydroxylation is 1. The van der Waals surface area contributed by atoms with Crippen LogP contribution in [0, 0.1) is 0 Å². The lowest BCUT2D eigenvalue weighted by Crippen LogP contribution is -2.43. The first-order valence-corrected chi connectivity index (χ1v) is 7.22. The minimum Gasteiger partial charge on any atom is -0.341 e. The molecule has 0 fully saturated rings. The van der Waals surface area contributed by atoms with Crippen molar-refractivity contribution in [3.05, 3.63) is 35.4 Å². The summed E-state index contributed by atoms with van der Waals surface area (Å²) in [7, 11) is 0. The zero-order chi connectivity index (χ0) is 15.1. The number of carbonyl (C=O) groups is 2. The number of nitrogens with zero attached hydrogens (tertiary/aromatic N) is 1. The van der Waals surface area contributed by atoms with Crippen molar-refractivity contribution in [1.82, 2.24) is 10.2 Å². The summed E-state index contributed by atoms with van der Waals surface area (Å²) in [4.78, 5) is 25.3. The fraction of sp³-hybridized carbons (Fsp3) is 0.500. The molecule has 1 aromatic carbocycles. The van der Waals surface area contributed by atoms with Crippen molar-refractivity contribution in [3.8, 4) is 0 Å². The molecule has 2 amide bonds. The van der Waals surface area contributed by atoms with E-state index in [0.717, 1.165) is 12.0 Å². The van der Waals surface area contributed by atoms with E-state index in [9.17, 15) is 9.59 Å². The first-order valence-electron chi connectivity index (χ1n) is 7.22. The largest absolute Gasteiger partial charge is 0.341 e. The van der Waals surface area contributed by atoms with Crippen molar-refractivity contribution < 1.29 is 9.59 Å². The molecule has 1 atom stereocenters. The van der Waals surface area contributed by atoms with E-state index in [4.69, 9.17) is 0 Å². The molecule has 0 bridgehead atoms. The van der Waals surface area contributed by atoms with Crippen LogP contribution in [-0.2, 0) is 16.0 Å². The maximum absolute atomic E-state index is 11.9. The summed E-state index contributed by atoms with van der Waals surface area (Å²) in [6.07, 6.45) is 0.988. The summed E-state index contributed by atoms with van der Waals surface area (Å²) in [5, 5.41) is 2.75. The van der Waals surface area contributed by atoms with E-state index >= 15 is 0 Å². The van der Waals surface area contributed by atoms with Gasteiger partial charge in [-0.15, -0.1) is 0 Å². The Hall–Kier alpha value is -1.84. The molecule has 1 rings (SSSR count). The van der Waals surface area contributed by atoms with Gasteiger partial charge in [0, 0.05) is 13.1 Å². The minimum atomic E-state index is -0.541. The van der Waals surface area contributed by atoms with Gasteiger partial charge < -0.3 is 10.2 Å². The van der Waals surface area contributed by atoms with Crippen LogP contribution in [0.2, 0.25) is 0 Å². The third-order valence-corrected chi connectivity index (χ3v) is 3.48. The molecule has 110 valence electrons. The highest BCUT2D eigenvalue weighted by Crippen LogP contribution is 2.13. The van der Waals surface area contributed by atoms with Crippen LogP contribution in [0.25, 0.3) is 0 Å². The minimum absolute atomic E-state index is 0.173. The molecule has 0 heterocycles. The van der Waals surface area contributed by atoms with Crippen LogP contribution < -0.4 is 5.32 Å². The van der Waals surface area contributed by atoms with Crippen LogP contribution >= 0.6 is 0 Å². The molecule has 1 aromatic rings. The van der Waals surface area contributed by atoms with Gasteiger partial charge in [-0.3, -0.25) is 9.59 Å². The Morgan fingerprint density at radius 3 is 2.10 bits per heavy atom. The number of nitrogens with one attached hydrogen (secondary N) is 1. The quantitative estimate of drug-likeness (QED) is 0.839. The molecule has 4 nitrogen and oxygen atoms in total. The van der Waals surface area contributed by atoms with Gasteiger partial charge in [0.25, 0.3) is 0 Å². The number of hydrogen-bond acceptors (Lipinski definition) is 2. The van der Waals surface area contributed by atoms with Gasteiger partial charge in [0.1, 0.15) is 0 Å². The summed E-state index contributed by atoms with van der Waals surface area (Å²) in [5.74, 6) is -1.01. The van der Waals surface area contributed by atoms with E-state index in [1.807, 2.05) is 45.0 Å². The van der Waals surface area contributed by atoms with Crippen molar-refractivity contribution in [1.29, 1.82) is 0 Å². The van der Waals surface area contributed by atoms with Gasteiger partial charge in [0.05, 0.1) is 6.04 Å². The molecule has 0 aromatic heterocycles. The predicted molar refractivity (Wildman–Crippen MR) is 80.3 cm³/mol. The second-order valence-electron chi connectivity index (χ2n) is 4.77. The molecule has 0 saturated carbocycles.